The van der Waals surface area contributed by atoms with Gasteiger partial charge in [-0.05, 0) is 37.5 Å². The number of likely N-dealkylation sites (N-methyl/N-ethyl adjacent to an activating group) is 1. The van der Waals surface area contributed by atoms with Gasteiger partial charge in [-0.1, -0.05) is 23.7 Å². The summed E-state index contributed by atoms with van der Waals surface area (Å²) < 4.78 is 9.51. The van der Waals surface area contributed by atoms with Crippen LogP contribution in [-0.4, -0.2) is 59.4 Å². The quantitative estimate of drug-likeness (QED) is 0.621. The van der Waals surface area contributed by atoms with Crippen LogP contribution in [0.15, 0.2) is 24.3 Å². The third-order valence-electron chi connectivity index (χ3n) is 4.83. The third kappa shape index (κ3) is 5.90. The minimum Gasteiger partial charge on any atom is -0.466 e. The third-order valence-corrected chi connectivity index (χ3v) is 5.95. The fourth-order valence-corrected chi connectivity index (χ4v) is 4.05. The van der Waals surface area contributed by atoms with Crippen molar-refractivity contribution in [3.8, 4) is 0 Å². The number of aromatic nitrogens is 2. The number of benzene rings is 1. The second-order valence-corrected chi connectivity index (χ2v) is 8.25. The standard InChI is InChI=1S/C20H25ClN4O3S/c1-3-28-19(27)15-5-4-10-25(12-15)18(26)13-24(2)20-22-17(23-29-20)11-14-6-8-16(21)9-7-14/h6-9,15H,3-5,10-13H2,1-2H3. The Balaban J connectivity index is 1.55. The van der Waals surface area contributed by atoms with Gasteiger partial charge in [-0.15, -0.1) is 0 Å². The van der Waals surface area contributed by atoms with Crippen LogP contribution in [0.3, 0.4) is 0 Å². The van der Waals surface area contributed by atoms with Crippen molar-refractivity contribution in [2.75, 3.05) is 38.2 Å². The van der Waals surface area contributed by atoms with Gasteiger partial charge in [-0.25, -0.2) is 4.98 Å². The summed E-state index contributed by atoms with van der Waals surface area (Å²) >= 11 is 7.19. The van der Waals surface area contributed by atoms with E-state index in [-0.39, 0.29) is 24.3 Å². The van der Waals surface area contributed by atoms with E-state index < -0.39 is 0 Å². The summed E-state index contributed by atoms with van der Waals surface area (Å²) in [6, 6.07) is 7.59. The molecule has 0 bridgehead atoms. The summed E-state index contributed by atoms with van der Waals surface area (Å²) in [5, 5.41) is 1.39. The number of esters is 1. The predicted octanol–water partition coefficient (Wildman–Crippen LogP) is 3.02. The van der Waals surface area contributed by atoms with Crippen LogP contribution in [0.4, 0.5) is 5.13 Å². The molecule has 9 heteroatoms. The average Bonchev–Trinajstić information content (AvgIpc) is 3.18. The van der Waals surface area contributed by atoms with E-state index in [2.05, 4.69) is 9.36 Å². The zero-order chi connectivity index (χ0) is 20.8. The van der Waals surface area contributed by atoms with Crippen molar-refractivity contribution in [1.29, 1.82) is 0 Å². The molecule has 1 aliphatic rings. The second-order valence-electron chi connectivity index (χ2n) is 7.08. The number of carbonyl (C=O) groups is 2. The Labute approximate surface area is 179 Å². The number of halogens is 1. The van der Waals surface area contributed by atoms with Gasteiger partial charge < -0.3 is 14.5 Å². The van der Waals surface area contributed by atoms with Crippen LogP contribution in [0, 0.1) is 5.92 Å². The maximum absolute atomic E-state index is 12.7. The molecule has 1 aromatic carbocycles. The lowest BCUT2D eigenvalue weighted by Crippen LogP contribution is -2.46. The first-order valence-electron chi connectivity index (χ1n) is 9.68. The van der Waals surface area contributed by atoms with Crippen molar-refractivity contribution < 1.29 is 14.3 Å². The number of hydrogen-bond donors (Lipinski definition) is 0. The summed E-state index contributed by atoms with van der Waals surface area (Å²) in [4.78, 5) is 32.8. The molecule has 1 aliphatic heterocycles. The van der Waals surface area contributed by atoms with Crippen LogP contribution in [0.2, 0.25) is 5.02 Å². The highest BCUT2D eigenvalue weighted by Crippen LogP contribution is 2.21. The molecule has 1 amide bonds. The van der Waals surface area contributed by atoms with Gasteiger partial charge in [-0.3, -0.25) is 9.59 Å². The molecule has 0 N–H and O–H groups in total. The minimum absolute atomic E-state index is 0.0176. The molecule has 0 spiro atoms. The number of rotatable bonds is 7. The molecule has 0 aliphatic carbocycles. The average molecular weight is 437 g/mol. The molecule has 1 aromatic heterocycles. The van der Waals surface area contributed by atoms with Crippen LogP contribution < -0.4 is 4.90 Å². The normalized spacial score (nSPS) is 16.5. The highest BCUT2D eigenvalue weighted by atomic mass is 35.5. The van der Waals surface area contributed by atoms with E-state index >= 15 is 0 Å². The number of amides is 1. The number of hydrogen-bond acceptors (Lipinski definition) is 7. The minimum atomic E-state index is -0.231. The first-order chi connectivity index (χ1) is 14.0. The molecular weight excluding hydrogens is 412 g/mol. The van der Waals surface area contributed by atoms with Crippen molar-refractivity contribution in [3.63, 3.8) is 0 Å². The largest absolute Gasteiger partial charge is 0.466 e. The van der Waals surface area contributed by atoms with Gasteiger partial charge in [0.2, 0.25) is 11.0 Å². The van der Waals surface area contributed by atoms with Crippen LogP contribution in [0.1, 0.15) is 31.2 Å². The molecule has 0 saturated carbocycles. The molecule has 1 unspecified atom stereocenters. The number of ether oxygens (including phenoxy) is 1. The second kappa shape index (κ2) is 10.0. The summed E-state index contributed by atoms with van der Waals surface area (Å²) in [5.74, 6) is 0.253. The summed E-state index contributed by atoms with van der Waals surface area (Å²) in [7, 11) is 1.83. The molecule has 1 atom stereocenters. The highest BCUT2D eigenvalue weighted by molar-refractivity contribution is 7.09. The monoisotopic (exact) mass is 436 g/mol. The molecule has 29 heavy (non-hydrogen) atoms. The first-order valence-corrected chi connectivity index (χ1v) is 10.8. The number of carbonyl (C=O) groups excluding carboxylic acids is 2. The van der Waals surface area contributed by atoms with Crippen molar-refractivity contribution >= 4 is 40.1 Å². The molecule has 1 saturated heterocycles. The lowest BCUT2D eigenvalue weighted by molar-refractivity contribution is -0.151. The Hall–Kier alpha value is -2.19. The van der Waals surface area contributed by atoms with E-state index in [1.165, 1.54) is 11.5 Å². The van der Waals surface area contributed by atoms with Crippen molar-refractivity contribution in [3.05, 3.63) is 40.7 Å². The Morgan fingerprint density at radius 3 is 2.83 bits per heavy atom. The lowest BCUT2D eigenvalue weighted by Gasteiger charge is -2.32. The van der Waals surface area contributed by atoms with E-state index in [1.807, 2.05) is 31.3 Å². The Bertz CT molecular complexity index is 843. The van der Waals surface area contributed by atoms with E-state index in [9.17, 15) is 9.59 Å². The van der Waals surface area contributed by atoms with Crippen LogP contribution in [-0.2, 0) is 20.7 Å². The topological polar surface area (TPSA) is 75.6 Å². The Morgan fingerprint density at radius 1 is 1.34 bits per heavy atom. The summed E-state index contributed by atoms with van der Waals surface area (Å²) in [5.41, 5.74) is 1.08. The van der Waals surface area contributed by atoms with Gasteiger partial charge in [0.15, 0.2) is 0 Å². The molecule has 0 radical (unpaired) electrons. The number of piperidine rings is 1. The van der Waals surface area contributed by atoms with Crippen LogP contribution >= 0.6 is 23.1 Å². The highest BCUT2D eigenvalue weighted by Gasteiger charge is 2.29. The Kier molecular flexibility index (Phi) is 7.44. The predicted molar refractivity (Wildman–Crippen MR) is 113 cm³/mol. The first kappa shape index (κ1) is 21.5. The van der Waals surface area contributed by atoms with Gasteiger partial charge in [0.1, 0.15) is 5.82 Å². The molecule has 2 heterocycles. The summed E-state index contributed by atoms with van der Waals surface area (Å²) in [6.45, 7) is 3.44. The van der Waals surface area contributed by atoms with E-state index in [0.29, 0.717) is 42.1 Å². The summed E-state index contributed by atoms with van der Waals surface area (Å²) in [6.07, 6.45) is 2.19. The molecule has 3 rings (SSSR count). The van der Waals surface area contributed by atoms with Gasteiger partial charge in [0, 0.05) is 43.1 Å². The maximum Gasteiger partial charge on any atom is 0.310 e. The number of likely N-dealkylation sites (tertiary alicyclic amines) is 1. The lowest BCUT2D eigenvalue weighted by atomic mass is 9.98. The van der Waals surface area contributed by atoms with E-state index in [1.54, 1.807) is 16.7 Å². The molecule has 2 aromatic rings. The van der Waals surface area contributed by atoms with E-state index in [0.717, 1.165) is 18.4 Å². The van der Waals surface area contributed by atoms with Gasteiger partial charge in [-0.2, -0.15) is 4.37 Å². The zero-order valence-electron chi connectivity index (χ0n) is 16.6. The Morgan fingerprint density at radius 2 is 2.10 bits per heavy atom. The fraction of sp³-hybridized carbons (Fsp3) is 0.500. The van der Waals surface area contributed by atoms with Crippen LogP contribution in [0.25, 0.3) is 0 Å². The van der Waals surface area contributed by atoms with E-state index in [4.69, 9.17) is 16.3 Å². The molecular formula is C20H25ClN4O3S. The number of anilines is 1. The molecule has 7 nitrogen and oxygen atoms in total. The van der Waals surface area contributed by atoms with Crippen molar-refractivity contribution in [2.24, 2.45) is 5.92 Å². The van der Waals surface area contributed by atoms with Crippen molar-refractivity contribution in [2.45, 2.75) is 26.2 Å². The van der Waals surface area contributed by atoms with Gasteiger partial charge in [0.05, 0.1) is 19.1 Å². The molecule has 156 valence electrons. The maximum atomic E-state index is 12.7. The van der Waals surface area contributed by atoms with Crippen LogP contribution in [0.5, 0.6) is 0 Å². The molecule has 1 fully saturated rings. The van der Waals surface area contributed by atoms with Crippen molar-refractivity contribution in [1.82, 2.24) is 14.3 Å². The van der Waals surface area contributed by atoms with Gasteiger partial charge >= 0.3 is 5.97 Å². The fourth-order valence-electron chi connectivity index (χ4n) is 3.28. The van der Waals surface area contributed by atoms with Gasteiger partial charge in [0.25, 0.3) is 0 Å². The number of nitrogens with zero attached hydrogens (tertiary/aromatic N) is 4. The zero-order valence-corrected chi connectivity index (χ0v) is 18.2. The SMILES string of the molecule is CCOC(=O)C1CCCN(C(=O)CN(C)c2nc(Cc3ccc(Cl)cc3)ns2)C1. The smallest absolute Gasteiger partial charge is 0.310 e.